The van der Waals surface area contributed by atoms with E-state index >= 15 is 0 Å². The predicted molar refractivity (Wildman–Crippen MR) is 99.8 cm³/mol. The Balaban J connectivity index is 1.40. The third-order valence-electron chi connectivity index (χ3n) is 5.09. The van der Waals surface area contributed by atoms with Crippen LogP contribution in [0.2, 0.25) is 0 Å². The fraction of sp³-hybridized carbons (Fsp3) is 0.263. The number of amides is 1. The van der Waals surface area contributed by atoms with Crippen molar-refractivity contribution in [1.29, 1.82) is 0 Å². The van der Waals surface area contributed by atoms with Crippen LogP contribution in [0.4, 0.5) is 4.39 Å². The van der Waals surface area contributed by atoms with Crippen molar-refractivity contribution >= 4 is 11.6 Å². The number of hydrogen-bond donors (Lipinski definition) is 1. The average Bonchev–Trinajstić information content (AvgIpc) is 3.24. The van der Waals surface area contributed by atoms with Gasteiger partial charge in [0.2, 0.25) is 0 Å². The highest BCUT2D eigenvalue weighted by molar-refractivity contribution is 5.94. The molecule has 1 saturated carbocycles. The summed E-state index contributed by atoms with van der Waals surface area (Å²) in [5, 5.41) is 18.7. The summed E-state index contributed by atoms with van der Waals surface area (Å²) in [6, 6.07) is 4.82. The van der Waals surface area contributed by atoms with Gasteiger partial charge in [0.15, 0.2) is 11.5 Å². The van der Waals surface area contributed by atoms with Gasteiger partial charge in [-0.15, -0.1) is 5.10 Å². The maximum Gasteiger partial charge on any atom is 0.254 e. The molecule has 0 aliphatic heterocycles. The van der Waals surface area contributed by atoms with Crippen LogP contribution in [0.1, 0.15) is 40.4 Å². The zero-order chi connectivity index (χ0) is 20.0. The first-order chi connectivity index (χ1) is 14.1. The van der Waals surface area contributed by atoms with E-state index in [1.54, 1.807) is 31.5 Å². The van der Waals surface area contributed by atoms with Gasteiger partial charge in [-0.2, -0.15) is 9.61 Å². The van der Waals surface area contributed by atoms with Crippen LogP contribution in [0.25, 0.3) is 11.5 Å². The Morgan fingerprint density at radius 3 is 2.93 bits per heavy atom. The van der Waals surface area contributed by atoms with Crippen LogP contribution in [0.15, 0.2) is 43.0 Å². The minimum absolute atomic E-state index is 0.158. The minimum atomic E-state index is -0.249. The average molecular weight is 392 g/mol. The fourth-order valence-corrected chi connectivity index (χ4v) is 3.37. The van der Waals surface area contributed by atoms with E-state index in [4.69, 9.17) is 0 Å². The van der Waals surface area contributed by atoms with Crippen LogP contribution >= 0.6 is 0 Å². The summed E-state index contributed by atoms with van der Waals surface area (Å²) < 4.78 is 16.6. The number of aryl methyl sites for hydroxylation is 1. The highest BCUT2D eigenvalue weighted by atomic mass is 19.1. The van der Waals surface area contributed by atoms with Crippen LogP contribution in [-0.2, 0) is 0 Å². The number of carbonyl (C=O) groups excluding carboxylic acids is 1. The Labute approximate surface area is 164 Å². The second-order valence-corrected chi connectivity index (χ2v) is 7.19. The number of halogens is 1. The zero-order valence-electron chi connectivity index (χ0n) is 15.5. The molecule has 0 spiro atoms. The van der Waals surface area contributed by atoms with Gasteiger partial charge in [-0.3, -0.25) is 9.78 Å². The Kier molecular flexibility index (Phi) is 4.04. The zero-order valence-corrected chi connectivity index (χ0v) is 15.5. The van der Waals surface area contributed by atoms with E-state index in [0.29, 0.717) is 28.5 Å². The number of rotatable bonds is 5. The van der Waals surface area contributed by atoms with Gasteiger partial charge in [0.05, 0.1) is 30.2 Å². The second-order valence-electron chi connectivity index (χ2n) is 7.19. The van der Waals surface area contributed by atoms with Crippen molar-refractivity contribution in [3.63, 3.8) is 0 Å². The molecule has 0 saturated heterocycles. The molecule has 1 unspecified atom stereocenters. The Bertz CT molecular complexity index is 1210. The standard InChI is InChI=1S/C19H17FN8O/c1-11-6-13(4-5-15(11)20)18(12-2-3-12)23-19(29)14-7-22-27(10-14)17-9-21-8-16-24-25-26-28(16)17/h4-10,12,18H,2-3H2,1H3,(H,23,29). The molecule has 3 heterocycles. The van der Waals surface area contributed by atoms with Crippen molar-refractivity contribution in [2.45, 2.75) is 25.8 Å². The van der Waals surface area contributed by atoms with Crippen molar-refractivity contribution in [3.8, 4) is 5.82 Å². The highest BCUT2D eigenvalue weighted by Crippen LogP contribution is 2.41. The molecule has 1 aromatic carbocycles. The van der Waals surface area contributed by atoms with E-state index in [0.717, 1.165) is 18.4 Å². The van der Waals surface area contributed by atoms with E-state index in [2.05, 4.69) is 30.9 Å². The maximum absolute atomic E-state index is 13.6. The molecule has 4 aromatic rings. The number of benzene rings is 1. The van der Waals surface area contributed by atoms with Crippen molar-refractivity contribution in [1.82, 2.24) is 40.1 Å². The first-order valence-corrected chi connectivity index (χ1v) is 9.24. The Morgan fingerprint density at radius 2 is 2.14 bits per heavy atom. The van der Waals surface area contributed by atoms with Crippen molar-refractivity contribution in [2.75, 3.05) is 0 Å². The molecule has 1 atom stereocenters. The Hall–Kier alpha value is -3.69. The number of nitrogens with one attached hydrogen (secondary N) is 1. The third kappa shape index (κ3) is 3.22. The molecule has 5 rings (SSSR count). The van der Waals surface area contributed by atoms with Gasteiger partial charge in [0.25, 0.3) is 5.91 Å². The number of aromatic nitrogens is 7. The van der Waals surface area contributed by atoms with Crippen LogP contribution in [0.5, 0.6) is 0 Å². The lowest BCUT2D eigenvalue weighted by Crippen LogP contribution is -2.29. The Morgan fingerprint density at radius 1 is 1.28 bits per heavy atom. The summed E-state index contributed by atoms with van der Waals surface area (Å²) in [5.41, 5.74) is 2.36. The summed E-state index contributed by atoms with van der Waals surface area (Å²) in [7, 11) is 0. The van der Waals surface area contributed by atoms with Crippen molar-refractivity contribution in [3.05, 3.63) is 65.5 Å². The van der Waals surface area contributed by atoms with Crippen LogP contribution in [0, 0.1) is 18.7 Å². The fourth-order valence-electron chi connectivity index (χ4n) is 3.37. The quantitative estimate of drug-likeness (QED) is 0.558. The SMILES string of the molecule is Cc1cc(C(NC(=O)c2cnn(-c3cncc4nnnn34)c2)C2CC2)ccc1F. The van der Waals surface area contributed by atoms with E-state index in [-0.39, 0.29) is 17.8 Å². The molecule has 9 nitrogen and oxygen atoms in total. The summed E-state index contributed by atoms with van der Waals surface area (Å²) in [6.07, 6.45) is 8.25. The number of fused-ring (bicyclic) bond motifs is 1. The van der Waals surface area contributed by atoms with Gasteiger partial charge in [-0.25, -0.2) is 9.07 Å². The lowest BCUT2D eigenvalue weighted by Gasteiger charge is -2.19. The molecule has 0 radical (unpaired) electrons. The number of carbonyl (C=O) groups is 1. The molecule has 10 heteroatoms. The summed E-state index contributed by atoms with van der Waals surface area (Å²) in [4.78, 5) is 17.0. The van der Waals surface area contributed by atoms with Gasteiger partial charge in [0, 0.05) is 6.20 Å². The molecular weight excluding hydrogens is 375 g/mol. The molecule has 0 bridgehead atoms. The van der Waals surface area contributed by atoms with E-state index in [9.17, 15) is 9.18 Å². The van der Waals surface area contributed by atoms with Crippen LogP contribution in [0.3, 0.4) is 0 Å². The topological polar surface area (TPSA) is 103 Å². The number of hydrogen-bond acceptors (Lipinski definition) is 6. The molecule has 1 aliphatic rings. The smallest absolute Gasteiger partial charge is 0.254 e. The summed E-state index contributed by atoms with van der Waals surface area (Å²) in [5.74, 6) is 0.380. The highest BCUT2D eigenvalue weighted by Gasteiger charge is 2.34. The number of nitrogens with zero attached hydrogens (tertiary/aromatic N) is 7. The van der Waals surface area contributed by atoms with E-state index < -0.39 is 0 Å². The third-order valence-corrected chi connectivity index (χ3v) is 5.09. The van der Waals surface area contributed by atoms with Gasteiger partial charge in [0.1, 0.15) is 5.82 Å². The molecule has 1 N–H and O–H groups in total. The number of tetrazole rings is 1. The molecular formula is C19H17FN8O. The van der Waals surface area contributed by atoms with E-state index in [1.807, 2.05) is 0 Å². The van der Waals surface area contributed by atoms with E-state index in [1.165, 1.54) is 27.7 Å². The monoisotopic (exact) mass is 392 g/mol. The van der Waals surface area contributed by atoms with Crippen molar-refractivity contribution < 1.29 is 9.18 Å². The summed E-state index contributed by atoms with van der Waals surface area (Å²) >= 11 is 0. The first kappa shape index (κ1) is 17.4. The van der Waals surface area contributed by atoms with Crippen molar-refractivity contribution in [2.24, 2.45) is 5.92 Å². The maximum atomic E-state index is 13.6. The molecule has 146 valence electrons. The predicted octanol–water partition coefficient (Wildman–Crippen LogP) is 2.03. The van der Waals surface area contributed by atoms with Gasteiger partial charge in [-0.1, -0.05) is 12.1 Å². The summed E-state index contributed by atoms with van der Waals surface area (Å²) in [6.45, 7) is 1.72. The van der Waals surface area contributed by atoms with Crippen LogP contribution < -0.4 is 5.32 Å². The molecule has 3 aromatic heterocycles. The van der Waals surface area contributed by atoms with Gasteiger partial charge in [-0.05, 0) is 53.3 Å². The molecule has 29 heavy (non-hydrogen) atoms. The lowest BCUT2D eigenvalue weighted by atomic mass is 10.00. The largest absolute Gasteiger partial charge is 0.345 e. The van der Waals surface area contributed by atoms with Gasteiger partial charge >= 0.3 is 0 Å². The first-order valence-electron chi connectivity index (χ1n) is 9.24. The van der Waals surface area contributed by atoms with Crippen LogP contribution in [-0.4, -0.2) is 40.7 Å². The van der Waals surface area contributed by atoms with Gasteiger partial charge < -0.3 is 5.32 Å². The molecule has 1 amide bonds. The molecule has 1 aliphatic carbocycles. The minimum Gasteiger partial charge on any atom is -0.345 e. The second kappa shape index (κ2) is 6.73. The normalized spacial score (nSPS) is 14.8. The molecule has 1 fully saturated rings. The lowest BCUT2D eigenvalue weighted by molar-refractivity contribution is 0.0931.